The number of nitrogens with one attached hydrogen (secondary N) is 1. The van der Waals surface area contributed by atoms with Crippen molar-refractivity contribution < 1.29 is 4.79 Å². The Morgan fingerprint density at radius 2 is 2.18 bits per heavy atom. The lowest BCUT2D eigenvalue weighted by Crippen LogP contribution is -2.12. The van der Waals surface area contributed by atoms with E-state index in [-0.39, 0.29) is 5.91 Å². The Morgan fingerprint density at radius 3 is 3.00 bits per heavy atom. The van der Waals surface area contributed by atoms with Crippen LogP contribution in [0.25, 0.3) is 10.9 Å². The molecule has 22 heavy (non-hydrogen) atoms. The highest BCUT2D eigenvalue weighted by molar-refractivity contribution is 7.15. The smallest absolute Gasteiger partial charge is 0.259 e. The highest BCUT2D eigenvalue weighted by atomic mass is 35.5. The molecule has 0 atom stereocenters. The van der Waals surface area contributed by atoms with Gasteiger partial charge in [0.15, 0.2) is 0 Å². The van der Waals surface area contributed by atoms with Crippen molar-refractivity contribution in [2.75, 3.05) is 5.32 Å². The predicted octanol–water partition coefficient (Wildman–Crippen LogP) is 3.94. The molecule has 0 aliphatic heterocycles. The Bertz CT molecular complexity index is 833. The minimum atomic E-state index is -0.264. The Kier molecular flexibility index (Phi) is 4.31. The topological polar surface area (TPSA) is 67.8 Å². The van der Waals surface area contributed by atoms with Crippen LogP contribution in [-0.2, 0) is 6.42 Å². The Morgan fingerprint density at radius 1 is 1.32 bits per heavy atom. The number of halogens is 1. The Hall–Kier alpha value is -2.05. The first-order valence-electron chi connectivity index (χ1n) is 6.86. The maximum Gasteiger partial charge on any atom is 0.259 e. The third-order valence-electron chi connectivity index (χ3n) is 3.11. The van der Waals surface area contributed by atoms with E-state index in [2.05, 4.69) is 27.4 Å². The lowest BCUT2D eigenvalue weighted by atomic mass is 10.1. The van der Waals surface area contributed by atoms with Gasteiger partial charge in [0.2, 0.25) is 5.13 Å². The van der Waals surface area contributed by atoms with Gasteiger partial charge >= 0.3 is 0 Å². The first-order valence-corrected chi connectivity index (χ1v) is 8.05. The summed E-state index contributed by atoms with van der Waals surface area (Å²) in [7, 11) is 0. The number of carbonyl (C=O) groups excluding carboxylic acids is 1. The average molecular weight is 333 g/mol. The second-order valence-electron chi connectivity index (χ2n) is 4.70. The van der Waals surface area contributed by atoms with E-state index >= 15 is 0 Å². The van der Waals surface area contributed by atoms with Crippen LogP contribution in [0.4, 0.5) is 5.13 Å². The molecule has 0 fully saturated rings. The van der Waals surface area contributed by atoms with Crippen molar-refractivity contribution in [1.82, 2.24) is 15.2 Å². The number of fused-ring (bicyclic) bond motifs is 1. The maximum absolute atomic E-state index is 12.5. The van der Waals surface area contributed by atoms with Gasteiger partial charge in [0.05, 0.1) is 16.1 Å². The molecule has 2 heterocycles. The number of pyridine rings is 1. The van der Waals surface area contributed by atoms with Gasteiger partial charge in [-0.3, -0.25) is 15.1 Å². The van der Waals surface area contributed by atoms with Crippen LogP contribution in [0, 0.1) is 0 Å². The standard InChI is InChI=1S/C15H13ClN4OS/c1-2-4-12-19-20-15(22-12)18-14(21)10-6-7-11(16)9-5-3-8-17-13(9)10/h3,5-8H,2,4H2,1H3,(H,18,20,21). The average Bonchev–Trinajstić information content (AvgIpc) is 2.95. The van der Waals surface area contributed by atoms with Gasteiger partial charge in [-0.25, -0.2) is 0 Å². The van der Waals surface area contributed by atoms with E-state index in [1.807, 2.05) is 6.07 Å². The Labute approximate surface area is 136 Å². The van der Waals surface area contributed by atoms with Crippen LogP contribution in [0.2, 0.25) is 5.02 Å². The predicted molar refractivity (Wildman–Crippen MR) is 88.6 cm³/mol. The van der Waals surface area contributed by atoms with E-state index in [1.165, 1.54) is 11.3 Å². The summed E-state index contributed by atoms with van der Waals surface area (Å²) < 4.78 is 0. The number of amides is 1. The van der Waals surface area contributed by atoms with Gasteiger partial charge in [0.1, 0.15) is 5.01 Å². The zero-order valence-electron chi connectivity index (χ0n) is 11.8. The van der Waals surface area contributed by atoms with Crippen LogP contribution in [0.5, 0.6) is 0 Å². The largest absolute Gasteiger partial charge is 0.296 e. The molecule has 3 aromatic rings. The molecule has 3 rings (SSSR count). The number of aryl methyl sites for hydroxylation is 1. The molecule has 0 aliphatic carbocycles. The SMILES string of the molecule is CCCc1nnc(NC(=O)c2ccc(Cl)c3cccnc23)s1. The second kappa shape index (κ2) is 6.37. The van der Waals surface area contributed by atoms with E-state index in [4.69, 9.17) is 11.6 Å². The summed E-state index contributed by atoms with van der Waals surface area (Å²) in [5.74, 6) is -0.264. The Balaban J connectivity index is 1.90. The highest BCUT2D eigenvalue weighted by Gasteiger charge is 2.15. The van der Waals surface area contributed by atoms with Crippen molar-refractivity contribution in [3.05, 3.63) is 46.1 Å². The molecule has 1 amide bonds. The first kappa shape index (κ1) is 14.9. The van der Waals surface area contributed by atoms with Gasteiger partial charge < -0.3 is 0 Å². The van der Waals surface area contributed by atoms with E-state index in [0.717, 1.165) is 23.2 Å². The molecule has 0 saturated heterocycles. The van der Waals surface area contributed by atoms with Crippen LogP contribution in [-0.4, -0.2) is 21.1 Å². The van der Waals surface area contributed by atoms with E-state index in [1.54, 1.807) is 24.4 Å². The summed E-state index contributed by atoms with van der Waals surface area (Å²) in [5, 5.41) is 13.5. The van der Waals surface area contributed by atoms with Gasteiger partial charge in [0, 0.05) is 18.0 Å². The van der Waals surface area contributed by atoms with E-state index in [9.17, 15) is 4.79 Å². The van der Waals surface area contributed by atoms with Crippen molar-refractivity contribution in [2.45, 2.75) is 19.8 Å². The summed E-state index contributed by atoms with van der Waals surface area (Å²) in [5.41, 5.74) is 1.04. The quantitative estimate of drug-likeness (QED) is 0.785. The molecule has 0 radical (unpaired) electrons. The minimum absolute atomic E-state index is 0.264. The number of anilines is 1. The second-order valence-corrected chi connectivity index (χ2v) is 6.17. The zero-order valence-corrected chi connectivity index (χ0v) is 13.4. The molecule has 7 heteroatoms. The summed E-state index contributed by atoms with van der Waals surface area (Å²) in [6, 6.07) is 6.99. The molecule has 112 valence electrons. The number of rotatable bonds is 4. The molecule has 0 unspecified atom stereocenters. The molecule has 5 nitrogen and oxygen atoms in total. The molecule has 0 bridgehead atoms. The third-order valence-corrected chi connectivity index (χ3v) is 4.34. The van der Waals surface area contributed by atoms with Crippen LogP contribution >= 0.6 is 22.9 Å². The lowest BCUT2D eigenvalue weighted by molar-refractivity contribution is 0.102. The monoisotopic (exact) mass is 332 g/mol. The lowest BCUT2D eigenvalue weighted by Gasteiger charge is -2.06. The molecule has 2 aromatic heterocycles. The number of hydrogen-bond donors (Lipinski definition) is 1. The van der Waals surface area contributed by atoms with Crippen molar-refractivity contribution in [1.29, 1.82) is 0 Å². The van der Waals surface area contributed by atoms with Crippen LogP contribution in [0.15, 0.2) is 30.5 Å². The fourth-order valence-corrected chi connectivity index (χ4v) is 3.16. The van der Waals surface area contributed by atoms with Crippen molar-refractivity contribution in [3.8, 4) is 0 Å². The molecule has 1 aromatic carbocycles. The van der Waals surface area contributed by atoms with E-state index in [0.29, 0.717) is 21.2 Å². The van der Waals surface area contributed by atoms with Crippen molar-refractivity contribution in [3.63, 3.8) is 0 Å². The fraction of sp³-hybridized carbons (Fsp3) is 0.200. The van der Waals surface area contributed by atoms with Crippen LogP contribution < -0.4 is 5.32 Å². The zero-order chi connectivity index (χ0) is 15.5. The van der Waals surface area contributed by atoms with Crippen molar-refractivity contribution >= 4 is 44.9 Å². The number of aromatic nitrogens is 3. The fourth-order valence-electron chi connectivity index (χ4n) is 2.10. The first-order chi connectivity index (χ1) is 10.7. The molecule has 0 aliphatic rings. The van der Waals surface area contributed by atoms with Crippen LogP contribution in [0.3, 0.4) is 0 Å². The number of benzene rings is 1. The molecule has 0 saturated carbocycles. The number of carbonyl (C=O) groups is 1. The highest BCUT2D eigenvalue weighted by Crippen LogP contribution is 2.26. The van der Waals surface area contributed by atoms with Gasteiger partial charge in [-0.15, -0.1) is 10.2 Å². The normalized spacial score (nSPS) is 10.8. The van der Waals surface area contributed by atoms with E-state index < -0.39 is 0 Å². The molecule has 1 N–H and O–H groups in total. The van der Waals surface area contributed by atoms with Gasteiger partial charge in [-0.2, -0.15) is 0 Å². The molecular weight excluding hydrogens is 320 g/mol. The number of hydrogen-bond acceptors (Lipinski definition) is 5. The third kappa shape index (κ3) is 2.93. The molecular formula is C15H13ClN4OS. The van der Waals surface area contributed by atoms with Gasteiger partial charge in [-0.05, 0) is 30.7 Å². The minimum Gasteiger partial charge on any atom is -0.296 e. The number of nitrogens with zero attached hydrogens (tertiary/aromatic N) is 3. The summed E-state index contributed by atoms with van der Waals surface area (Å²) in [6.45, 7) is 2.07. The summed E-state index contributed by atoms with van der Waals surface area (Å²) in [4.78, 5) is 16.7. The van der Waals surface area contributed by atoms with Gasteiger partial charge in [-0.1, -0.05) is 29.9 Å². The molecule has 0 spiro atoms. The van der Waals surface area contributed by atoms with Gasteiger partial charge in [0.25, 0.3) is 5.91 Å². The summed E-state index contributed by atoms with van der Waals surface area (Å²) >= 11 is 7.53. The summed E-state index contributed by atoms with van der Waals surface area (Å²) in [6.07, 6.45) is 3.49. The van der Waals surface area contributed by atoms with Crippen LogP contribution in [0.1, 0.15) is 28.7 Å². The maximum atomic E-state index is 12.5. The van der Waals surface area contributed by atoms with Crippen molar-refractivity contribution in [2.24, 2.45) is 0 Å².